The molecule has 0 fully saturated rings. The molecule has 0 amide bonds. The number of phosphoric acid groups is 1. The Morgan fingerprint density at radius 2 is 0.944 bits per heavy atom. The topological polar surface area (TPSA) is 108 Å². The smallest absolute Gasteiger partial charge is 0.462 e. The highest BCUT2D eigenvalue weighted by Crippen LogP contribution is 2.43. The summed E-state index contributed by atoms with van der Waals surface area (Å²) in [7, 11) is 1.47. The third-order valence-corrected chi connectivity index (χ3v) is 10.4. The van der Waals surface area contributed by atoms with Crippen LogP contribution in [-0.4, -0.2) is 74.9 Å². The van der Waals surface area contributed by atoms with Gasteiger partial charge in [-0.05, 0) is 64.2 Å². The van der Waals surface area contributed by atoms with Gasteiger partial charge in [-0.3, -0.25) is 18.6 Å². The number of allylic oxidation sites excluding steroid dienone is 4. The molecule has 10 heteroatoms. The lowest BCUT2D eigenvalue weighted by Gasteiger charge is -2.24. The maximum absolute atomic E-state index is 12.7. The molecule has 318 valence electrons. The first-order valence-corrected chi connectivity index (χ1v) is 23.6. The van der Waals surface area contributed by atoms with Gasteiger partial charge in [-0.15, -0.1) is 0 Å². The number of rotatable bonds is 40. The molecule has 0 aromatic carbocycles. The highest BCUT2D eigenvalue weighted by Gasteiger charge is 2.27. The van der Waals surface area contributed by atoms with Crippen LogP contribution in [-0.2, 0) is 32.7 Å². The van der Waals surface area contributed by atoms with Crippen molar-refractivity contribution in [3.63, 3.8) is 0 Å². The fourth-order valence-corrected chi connectivity index (χ4v) is 6.69. The summed E-state index contributed by atoms with van der Waals surface area (Å²) in [5, 5.41) is 0. The van der Waals surface area contributed by atoms with Crippen molar-refractivity contribution in [2.75, 3.05) is 47.5 Å². The van der Waals surface area contributed by atoms with Crippen LogP contribution in [0.3, 0.4) is 0 Å². The molecule has 0 aliphatic carbocycles. The Balaban J connectivity index is 4.36. The summed E-state index contributed by atoms with van der Waals surface area (Å²) in [6.07, 6.45) is 39.4. The summed E-state index contributed by atoms with van der Waals surface area (Å²) in [5.74, 6) is -0.819. The van der Waals surface area contributed by atoms with Crippen LogP contribution in [0.15, 0.2) is 24.3 Å². The SMILES string of the molecule is CCCCCCCC/C=C/CCCCCCCCCC(=O)OC[C@H](COP(=O)(O)OCC[N+](C)(C)C)OC(=O)CCCCC/C=C/CCCCCCCC. The summed E-state index contributed by atoms with van der Waals surface area (Å²) >= 11 is 0. The molecule has 2 atom stereocenters. The molecule has 0 aromatic rings. The van der Waals surface area contributed by atoms with Crippen molar-refractivity contribution in [3.8, 4) is 0 Å². The molecule has 0 saturated heterocycles. The molecule has 1 unspecified atom stereocenters. The molecule has 0 spiro atoms. The molecule has 0 aliphatic rings. The summed E-state index contributed by atoms with van der Waals surface area (Å²) in [4.78, 5) is 35.3. The van der Waals surface area contributed by atoms with Gasteiger partial charge in [0.1, 0.15) is 19.8 Å². The first kappa shape index (κ1) is 52.5. The minimum atomic E-state index is -4.37. The molecule has 0 saturated carbocycles. The predicted octanol–water partition coefficient (Wildman–Crippen LogP) is 12.4. The number of hydrogen-bond donors (Lipinski definition) is 1. The number of quaternary nitrogens is 1. The number of esters is 2. The largest absolute Gasteiger partial charge is 0.472 e. The Hall–Kier alpha value is -1.51. The maximum atomic E-state index is 12.7. The zero-order valence-corrected chi connectivity index (χ0v) is 36.6. The molecule has 0 rings (SSSR count). The van der Waals surface area contributed by atoms with Crippen molar-refractivity contribution in [3.05, 3.63) is 24.3 Å². The van der Waals surface area contributed by atoms with Gasteiger partial charge in [0.15, 0.2) is 6.10 Å². The number of carbonyl (C=O) groups is 2. The minimum Gasteiger partial charge on any atom is -0.462 e. The van der Waals surface area contributed by atoms with E-state index >= 15 is 0 Å². The molecule has 0 aromatic heterocycles. The molecular formula is C44H85NO8P+. The number of unbranched alkanes of at least 4 members (excludes halogenated alkanes) is 22. The van der Waals surface area contributed by atoms with Crippen molar-refractivity contribution in [1.29, 1.82) is 0 Å². The molecule has 54 heavy (non-hydrogen) atoms. The predicted molar refractivity (Wildman–Crippen MR) is 224 cm³/mol. The second kappa shape index (κ2) is 37.1. The average Bonchev–Trinajstić information content (AvgIpc) is 3.12. The van der Waals surface area contributed by atoms with Crippen molar-refractivity contribution >= 4 is 19.8 Å². The van der Waals surface area contributed by atoms with Crippen molar-refractivity contribution in [1.82, 2.24) is 0 Å². The monoisotopic (exact) mass is 787 g/mol. The molecule has 1 N–H and O–H groups in total. The van der Waals surface area contributed by atoms with Crippen LogP contribution < -0.4 is 0 Å². The van der Waals surface area contributed by atoms with Crippen LogP contribution in [0.25, 0.3) is 0 Å². The lowest BCUT2D eigenvalue weighted by molar-refractivity contribution is -0.870. The summed E-state index contributed by atoms with van der Waals surface area (Å²) in [5.41, 5.74) is 0. The third-order valence-electron chi connectivity index (χ3n) is 9.45. The van der Waals surface area contributed by atoms with E-state index in [0.717, 1.165) is 44.9 Å². The van der Waals surface area contributed by atoms with Crippen molar-refractivity contribution in [2.24, 2.45) is 0 Å². The number of ether oxygens (including phenoxy) is 2. The van der Waals surface area contributed by atoms with E-state index in [-0.39, 0.29) is 32.0 Å². The van der Waals surface area contributed by atoms with E-state index < -0.39 is 26.5 Å². The average molecular weight is 787 g/mol. The van der Waals surface area contributed by atoms with Gasteiger partial charge >= 0.3 is 19.8 Å². The summed E-state index contributed by atoms with van der Waals surface area (Å²) in [6.45, 7) is 4.39. The van der Waals surface area contributed by atoms with Gasteiger partial charge in [-0.2, -0.15) is 0 Å². The number of phosphoric ester groups is 1. The number of nitrogens with zero attached hydrogens (tertiary/aromatic N) is 1. The Labute approximate surface area is 332 Å². The van der Waals surface area contributed by atoms with Crippen LogP contribution in [0.4, 0.5) is 0 Å². The molecule has 0 aliphatic heterocycles. The first-order chi connectivity index (χ1) is 26.0. The fraction of sp³-hybridized carbons (Fsp3) is 0.864. The number of likely N-dealkylation sites (N-methyl/N-ethyl adjacent to an activating group) is 1. The van der Waals surface area contributed by atoms with E-state index in [1.165, 1.54) is 116 Å². The number of carbonyl (C=O) groups excluding carboxylic acids is 2. The van der Waals surface area contributed by atoms with Crippen LogP contribution in [0.5, 0.6) is 0 Å². The first-order valence-electron chi connectivity index (χ1n) is 22.1. The van der Waals surface area contributed by atoms with E-state index in [9.17, 15) is 19.0 Å². The van der Waals surface area contributed by atoms with E-state index in [2.05, 4.69) is 38.2 Å². The van der Waals surface area contributed by atoms with Gasteiger partial charge in [0.05, 0.1) is 27.7 Å². The van der Waals surface area contributed by atoms with E-state index in [4.69, 9.17) is 18.5 Å². The lowest BCUT2D eigenvalue weighted by atomic mass is 10.1. The van der Waals surface area contributed by atoms with Crippen LogP contribution >= 0.6 is 7.82 Å². The normalized spacial score (nSPS) is 13.8. The van der Waals surface area contributed by atoms with Crippen LogP contribution in [0, 0.1) is 0 Å². The van der Waals surface area contributed by atoms with Gasteiger partial charge in [-0.25, -0.2) is 4.57 Å². The Kier molecular flexibility index (Phi) is 36.1. The lowest BCUT2D eigenvalue weighted by Crippen LogP contribution is -2.37. The van der Waals surface area contributed by atoms with Gasteiger partial charge in [0.25, 0.3) is 0 Å². The molecule has 0 bridgehead atoms. The van der Waals surface area contributed by atoms with Crippen molar-refractivity contribution in [2.45, 2.75) is 200 Å². The molecule has 0 radical (unpaired) electrons. The zero-order chi connectivity index (χ0) is 40.0. The number of hydrogen-bond acceptors (Lipinski definition) is 7. The third kappa shape index (κ3) is 40.2. The van der Waals surface area contributed by atoms with E-state index in [0.29, 0.717) is 17.4 Å². The second-order valence-electron chi connectivity index (χ2n) is 16.1. The molecular weight excluding hydrogens is 701 g/mol. The van der Waals surface area contributed by atoms with Crippen LogP contribution in [0.2, 0.25) is 0 Å². The van der Waals surface area contributed by atoms with Gasteiger partial charge < -0.3 is 18.9 Å². The van der Waals surface area contributed by atoms with E-state index in [1.54, 1.807) is 0 Å². The molecule has 9 nitrogen and oxygen atoms in total. The summed E-state index contributed by atoms with van der Waals surface area (Å²) in [6, 6.07) is 0. The van der Waals surface area contributed by atoms with Crippen molar-refractivity contribution < 1.29 is 42.1 Å². The highest BCUT2D eigenvalue weighted by atomic mass is 31.2. The zero-order valence-electron chi connectivity index (χ0n) is 35.7. The van der Waals surface area contributed by atoms with Gasteiger partial charge in [0, 0.05) is 12.8 Å². The highest BCUT2D eigenvalue weighted by molar-refractivity contribution is 7.47. The maximum Gasteiger partial charge on any atom is 0.472 e. The van der Waals surface area contributed by atoms with Gasteiger partial charge in [0.2, 0.25) is 0 Å². The Morgan fingerprint density at radius 1 is 0.556 bits per heavy atom. The standard InChI is InChI=1S/C44H84NO8P/c1-6-8-10-12-14-16-18-20-21-22-23-25-26-28-30-32-34-36-43(46)50-40-42(41-52-54(48,49)51-39-38-45(3,4)5)53-44(47)37-35-33-31-29-27-24-19-17-15-13-11-9-7-2/h20-21,24,27,42H,6-19,22-23,25-26,28-41H2,1-5H3/p+1/b21-20+,27-24+/t42-/m1/s1. The second-order valence-corrected chi connectivity index (χ2v) is 17.5. The van der Waals surface area contributed by atoms with E-state index in [1.807, 2.05) is 21.1 Å². The molecule has 0 heterocycles. The summed E-state index contributed by atoms with van der Waals surface area (Å²) < 4.78 is 34.3. The Bertz CT molecular complexity index is 980. The van der Waals surface area contributed by atoms with Gasteiger partial charge in [-0.1, -0.05) is 141 Å². The fourth-order valence-electron chi connectivity index (χ4n) is 5.94. The quantitative estimate of drug-likeness (QED) is 0.0215. The van der Waals surface area contributed by atoms with Crippen LogP contribution in [0.1, 0.15) is 194 Å². The Morgan fingerprint density at radius 3 is 1.39 bits per heavy atom. The minimum absolute atomic E-state index is 0.0294.